The first kappa shape index (κ1) is 17.0. The number of halogens is 1. The topological polar surface area (TPSA) is 46.8 Å². The van der Waals surface area contributed by atoms with Crippen molar-refractivity contribution in [1.82, 2.24) is 25.1 Å². The van der Waals surface area contributed by atoms with E-state index in [0.29, 0.717) is 18.4 Å². The summed E-state index contributed by atoms with van der Waals surface area (Å²) in [7, 11) is 0. The second-order valence-corrected chi connectivity index (χ2v) is 7.25. The Hall–Kier alpha value is -1.82. The van der Waals surface area contributed by atoms with E-state index in [0.717, 1.165) is 24.5 Å². The zero-order valence-corrected chi connectivity index (χ0v) is 14.7. The van der Waals surface area contributed by atoms with Crippen LogP contribution in [0.1, 0.15) is 51.0 Å². The van der Waals surface area contributed by atoms with Gasteiger partial charge in [-0.25, -0.2) is 9.07 Å². The van der Waals surface area contributed by atoms with Gasteiger partial charge in [-0.3, -0.25) is 4.90 Å². The lowest BCUT2D eigenvalue weighted by Gasteiger charge is -2.38. The van der Waals surface area contributed by atoms with E-state index >= 15 is 0 Å². The van der Waals surface area contributed by atoms with Crippen LogP contribution in [0, 0.1) is 17.7 Å². The van der Waals surface area contributed by atoms with Crippen LogP contribution in [0.5, 0.6) is 0 Å². The van der Waals surface area contributed by atoms with Gasteiger partial charge in [0.05, 0.1) is 12.6 Å². The fourth-order valence-electron chi connectivity index (χ4n) is 3.66. The van der Waals surface area contributed by atoms with E-state index in [9.17, 15) is 4.39 Å². The Morgan fingerprint density at radius 3 is 2.67 bits per heavy atom. The minimum Gasteiger partial charge on any atom is -0.293 e. The highest BCUT2D eigenvalue weighted by molar-refractivity contribution is 5.16. The molecular formula is C18H26FN5. The van der Waals surface area contributed by atoms with Gasteiger partial charge in [0.2, 0.25) is 0 Å². The lowest BCUT2D eigenvalue weighted by molar-refractivity contribution is 0.0926. The fourth-order valence-corrected chi connectivity index (χ4v) is 3.66. The van der Waals surface area contributed by atoms with Crippen LogP contribution in [-0.4, -0.2) is 38.2 Å². The molecule has 130 valence electrons. The molecule has 5 nitrogen and oxygen atoms in total. The van der Waals surface area contributed by atoms with Crippen LogP contribution in [-0.2, 0) is 6.54 Å². The predicted molar refractivity (Wildman–Crippen MR) is 90.9 cm³/mol. The Balaban J connectivity index is 1.84. The molecule has 1 aromatic heterocycles. The summed E-state index contributed by atoms with van der Waals surface area (Å²) < 4.78 is 15.0. The number of aromatic nitrogens is 4. The molecular weight excluding hydrogens is 305 g/mol. The number of hydrogen-bond donors (Lipinski definition) is 0. The van der Waals surface area contributed by atoms with Crippen LogP contribution in [0.25, 0.3) is 0 Å². The SMILES string of the molecule is CC(C)[C@@H](c1nnnn1Cc1ccc(F)cc1)N1CCC[C@H](C)C1. The molecule has 0 unspecified atom stereocenters. The standard InChI is InChI=1S/C18H26FN5/c1-13(2)17(23-10-4-5-14(3)11-23)18-20-21-22-24(18)12-15-6-8-16(19)9-7-15/h6-9,13-14,17H,4-5,10-12H2,1-3H3/t14-,17-/m0/s1. The lowest BCUT2D eigenvalue weighted by atomic mass is 9.94. The van der Waals surface area contributed by atoms with E-state index in [4.69, 9.17) is 0 Å². The Bertz CT molecular complexity index is 652. The van der Waals surface area contributed by atoms with Crippen LogP contribution in [0.3, 0.4) is 0 Å². The maximum absolute atomic E-state index is 13.1. The molecule has 0 aliphatic carbocycles. The third-order valence-corrected chi connectivity index (χ3v) is 4.78. The highest BCUT2D eigenvalue weighted by Crippen LogP contribution is 2.31. The first-order valence-electron chi connectivity index (χ1n) is 8.79. The van der Waals surface area contributed by atoms with E-state index in [-0.39, 0.29) is 11.9 Å². The first-order chi connectivity index (χ1) is 11.5. The molecule has 6 heteroatoms. The molecule has 1 aromatic carbocycles. The molecule has 1 saturated heterocycles. The van der Waals surface area contributed by atoms with Crippen molar-refractivity contribution >= 4 is 0 Å². The predicted octanol–water partition coefficient (Wildman–Crippen LogP) is 3.29. The van der Waals surface area contributed by atoms with E-state index in [1.54, 1.807) is 12.1 Å². The summed E-state index contributed by atoms with van der Waals surface area (Å²) in [6, 6.07) is 6.74. The Labute approximate surface area is 142 Å². The summed E-state index contributed by atoms with van der Waals surface area (Å²) in [5.41, 5.74) is 1.000. The quantitative estimate of drug-likeness (QED) is 0.843. The first-order valence-corrected chi connectivity index (χ1v) is 8.79. The molecule has 2 heterocycles. The Kier molecular flexibility index (Phi) is 5.23. The highest BCUT2D eigenvalue weighted by atomic mass is 19.1. The zero-order valence-electron chi connectivity index (χ0n) is 14.7. The van der Waals surface area contributed by atoms with Gasteiger partial charge in [-0.1, -0.05) is 32.9 Å². The van der Waals surface area contributed by atoms with Crippen LogP contribution in [0.4, 0.5) is 4.39 Å². The van der Waals surface area contributed by atoms with E-state index in [2.05, 4.69) is 41.2 Å². The minimum atomic E-state index is -0.224. The molecule has 0 saturated carbocycles. The number of likely N-dealkylation sites (tertiary alicyclic amines) is 1. The molecule has 2 atom stereocenters. The average Bonchev–Trinajstić information content (AvgIpc) is 2.97. The highest BCUT2D eigenvalue weighted by Gasteiger charge is 2.31. The molecule has 2 aromatic rings. The normalized spacial score (nSPS) is 20.5. The fraction of sp³-hybridized carbons (Fsp3) is 0.611. The second kappa shape index (κ2) is 7.38. The molecule has 0 spiro atoms. The number of piperidine rings is 1. The molecule has 3 rings (SSSR count). The Morgan fingerprint density at radius 2 is 2.00 bits per heavy atom. The number of nitrogens with zero attached hydrogens (tertiary/aromatic N) is 5. The van der Waals surface area contributed by atoms with Crippen molar-refractivity contribution in [3.8, 4) is 0 Å². The summed E-state index contributed by atoms with van der Waals surface area (Å²) >= 11 is 0. The van der Waals surface area contributed by atoms with E-state index in [1.165, 1.54) is 25.0 Å². The van der Waals surface area contributed by atoms with Crippen molar-refractivity contribution in [2.24, 2.45) is 11.8 Å². The lowest BCUT2D eigenvalue weighted by Crippen LogP contribution is -2.40. The van der Waals surface area contributed by atoms with Crippen LogP contribution in [0.15, 0.2) is 24.3 Å². The largest absolute Gasteiger partial charge is 0.293 e. The summed E-state index contributed by atoms with van der Waals surface area (Å²) in [5.74, 6) is 1.82. The number of benzene rings is 1. The molecule has 1 aliphatic heterocycles. The van der Waals surface area contributed by atoms with Crippen molar-refractivity contribution in [3.05, 3.63) is 41.5 Å². The number of hydrogen-bond acceptors (Lipinski definition) is 4. The van der Waals surface area contributed by atoms with Gasteiger partial charge in [0.1, 0.15) is 5.82 Å². The molecule has 0 radical (unpaired) electrons. The maximum atomic E-state index is 13.1. The molecule has 0 amide bonds. The van der Waals surface area contributed by atoms with Gasteiger partial charge < -0.3 is 0 Å². The van der Waals surface area contributed by atoms with Crippen molar-refractivity contribution in [2.45, 2.75) is 46.2 Å². The van der Waals surface area contributed by atoms with Crippen LogP contribution in [0.2, 0.25) is 0 Å². The molecule has 0 bridgehead atoms. The van der Waals surface area contributed by atoms with Crippen LogP contribution < -0.4 is 0 Å². The second-order valence-electron chi connectivity index (χ2n) is 7.25. The van der Waals surface area contributed by atoms with Gasteiger partial charge in [0.15, 0.2) is 5.82 Å². The zero-order chi connectivity index (χ0) is 17.1. The summed E-state index contributed by atoms with van der Waals surface area (Å²) in [5, 5.41) is 12.4. The van der Waals surface area contributed by atoms with E-state index < -0.39 is 0 Å². The maximum Gasteiger partial charge on any atom is 0.169 e. The monoisotopic (exact) mass is 331 g/mol. The van der Waals surface area contributed by atoms with Crippen molar-refractivity contribution in [3.63, 3.8) is 0 Å². The molecule has 24 heavy (non-hydrogen) atoms. The molecule has 1 fully saturated rings. The third kappa shape index (κ3) is 3.80. The minimum absolute atomic E-state index is 0.211. The number of rotatable bonds is 5. The van der Waals surface area contributed by atoms with Gasteiger partial charge >= 0.3 is 0 Å². The van der Waals surface area contributed by atoms with E-state index in [1.807, 2.05) is 4.68 Å². The summed E-state index contributed by atoms with van der Waals surface area (Å²) in [6.45, 7) is 9.50. The van der Waals surface area contributed by atoms with Gasteiger partial charge in [-0.15, -0.1) is 5.10 Å². The summed E-state index contributed by atoms with van der Waals surface area (Å²) in [6.07, 6.45) is 2.52. The average molecular weight is 331 g/mol. The summed E-state index contributed by atoms with van der Waals surface area (Å²) in [4.78, 5) is 2.52. The molecule has 0 N–H and O–H groups in total. The van der Waals surface area contributed by atoms with Crippen molar-refractivity contribution in [1.29, 1.82) is 0 Å². The van der Waals surface area contributed by atoms with Gasteiger partial charge in [-0.05, 0) is 59.3 Å². The van der Waals surface area contributed by atoms with Crippen LogP contribution >= 0.6 is 0 Å². The van der Waals surface area contributed by atoms with Gasteiger partial charge in [0, 0.05) is 6.54 Å². The Morgan fingerprint density at radius 1 is 1.25 bits per heavy atom. The smallest absolute Gasteiger partial charge is 0.169 e. The number of tetrazole rings is 1. The van der Waals surface area contributed by atoms with Crippen molar-refractivity contribution in [2.75, 3.05) is 13.1 Å². The molecule has 1 aliphatic rings. The van der Waals surface area contributed by atoms with Gasteiger partial charge in [0.25, 0.3) is 0 Å². The van der Waals surface area contributed by atoms with Crippen molar-refractivity contribution < 1.29 is 4.39 Å². The third-order valence-electron chi connectivity index (χ3n) is 4.78. The van der Waals surface area contributed by atoms with Gasteiger partial charge in [-0.2, -0.15) is 0 Å².